The van der Waals surface area contributed by atoms with Gasteiger partial charge in [0.1, 0.15) is 0 Å². The molecule has 0 bridgehead atoms. The van der Waals surface area contributed by atoms with Crippen molar-refractivity contribution >= 4 is 21.6 Å². The van der Waals surface area contributed by atoms with Crippen molar-refractivity contribution in [2.24, 2.45) is 5.92 Å². The van der Waals surface area contributed by atoms with Gasteiger partial charge >= 0.3 is 0 Å². The Morgan fingerprint density at radius 2 is 1.79 bits per heavy atom. The molecule has 1 aliphatic carbocycles. The minimum Gasteiger partial charge on any atom is -0.378 e. The molecule has 1 atom stereocenters. The Hall–Kier alpha value is -1.06. The van der Waals surface area contributed by atoms with Gasteiger partial charge in [-0.05, 0) is 55.5 Å². The second kappa shape index (κ2) is 9.43. The second-order valence-corrected chi connectivity index (χ2v) is 8.98. The van der Waals surface area contributed by atoms with Crippen LogP contribution in [-0.2, 0) is 6.42 Å². The lowest BCUT2D eigenvalue weighted by molar-refractivity contribution is 0.528. The van der Waals surface area contributed by atoms with Gasteiger partial charge in [0.2, 0.25) is 0 Å². The first kappa shape index (κ1) is 19.3. The Morgan fingerprint density at radius 1 is 1.08 bits per heavy atom. The largest absolute Gasteiger partial charge is 0.378 e. The number of allylic oxidation sites excluding steroid dienone is 4. The highest BCUT2D eigenvalue weighted by Gasteiger charge is 2.08. The van der Waals surface area contributed by atoms with Gasteiger partial charge in [-0.3, -0.25) is 0 Å². The summed E-state index contributed by atoms with van der Waals surface area (Å²) in [5.41, 5.74) is 4.17. The van der Waals surface area contributed by atoms with Crippen molar-refractivity contribution in [3.63, 3.8) is 0 Å². The third-order valence-electron chi connectivity index (χ3n) is 4.39. The van der Waals surface area contributed by atoms with E-state index in [1.54, 1.807) is 0 Å². The van der Waals surface area contributed by atoms with E-state index in [0.717, 1.165) is 12.3 Å². The van der Waals surface area contributed by atoms with Gasteiger partial charge in [-0.25, -0.2) is 0 Å². The molecule has 0 aliphatic heterocycles. The molecule has 2 rings (SSSR count). The minimum absolute atomic E-state index is 0.764. The molecule has 0 saturated carbocycles. The van der Waals surface area contributed by atoms with Gasteiger partial charge in [0.25, 0.3) is 0 Å². The van der Waals surface area contributed by atoms with Gasteiger partial charge in [0, 0.05) is 29.6 Å². The lowest BCUT2D eigenvalue weighted by atomic mass is 9.99. The highest BCUT2D eigenvalue weighted by Crippen LogP contribution is 2.40. The average Bonchev–Trinajstić information content (AvgIpc) is 2.76. The molecule has 24 heavy (non-hydrogen) atoms. The Kier molecular flexibility index (Phi) is 7.57. The van der Waals surface area contributed by atoms with Crippen LogP contribution in [0.15, 0.2) is 63.6 Å². The number of nitrogens with zero attached hydrogens (tertiary/aromatic N) is 1. The van der Waals surface area contributed by atoms with Crippen LogP contribution in [0.4, 0.5) is 0 Å². The van der Waals surface area contributed by atoms with Crippen molar-refractivity contribution in [2.75, 3.05) is 14.1 Å². The monoisotopic (exact) mass is 359 g/mol. The van der Waals surface area contributed by atoms with Crippen LogP contribution in [0.1, 0.15) is 39.2 Å². The lowest BCUT2D eigenvalue weighted by Crippen LogP contribution is -2.08. The second-order valence-electron chi connectivity index (χ2n) is 6.73. The number of benzene rings is 1. The Labute approximate surface area is 155 Å². The fraction of sp³-hybridized carbons (Fsp3) is 0.429. The van der Waals surface area contributed by atoms with E-state index >= 15 is 0 Å². The average molecular weight is 360 g/mol. The van der Waals surface area contributed by atoms with Crippen LogP contribution in [-0.4, -0.2) is 19.0 Å². The number of hydrogen-bond donors (Lipinski definition) is 0. The van der Waals surface area contributed by atoms with Gasteiger partial charge in [-0.2, -0.15) is 0 Å². The van der Waals surface area contributed by atoms with Gasteiger partial charge in [0.05, 0.1) is 0 Å². The third-order valence-corrected chi connectivity index (χ3v) is 6.97. The molecule has 1 aromatic carbocycles. The summed E-state index contributed by atoms with van der Waals surface area (Å²) in [4.78, 5) is 4.86. The summed E-state index contributed by atoms with van der Waals surface area (Å²) in [5.74, 6) is 0.764. The molecule has 0 heterocycles. The molecule has 1 unspecified atom stereocenters. The molecule has 0 amide bonds. The maximum absolute atomic E-state index is 2.32. The van der Waals surface area contributed by atoms with E-state index in [9.17, 15) is 0 Å². The van der Waals surface area contributed by atoms with Crippen molar-refractivity contribution in [1.82, 2.24) is 4.90 Å². The molecule has 1 aromatic rings. The molecule has 0 aromatic heterocycles. The Bertz CT molecular complexity index is 624. The number of likely N-dealkylation sites (N-methyl/N-ethyl adjacent to an activating group) is 1. The van der Waals surface area contributed by atoms with E-state index in [4.69, 9.17) is 0 Å². The summed E-state index contributed by atoms with van der Waals surface area (Å²) in [7, 11) is 7.91. The Balaban J connectivity index is 1.94. The van der Waals surface area contributed by atoms with E-state index in [0.29, 0.717) is 0 Å². The van der Waals surface area contributed by atoms with Crippen LogP contribution >= 0.6 is 21.6 Å². The van der Waals surface area contributed by atoms with Crippen LogP contribution in [0.25, 0.3) is 0 Å². The number of rotatable bonds is 7. The van der Waals surface area contributed by atoms with Crippen LogP contribution in [0.3, 0.4) is 0 Å². The third kappa shape index (κ3) is 5.78. The van der Waals surface area contributed by atoms with E-state index in [2.05, 4.69) is 82.3 Å². The van der Waals surface area contributed by atoms with Crippen molar-refractivity contribution < 1.29 is 0 Å². The van der Waals surface area contributed by atoms with E-state index in [1.165, 1.54) is 39.5 Å². The lowest BCUT2D eigenvalue weighted by Gasteiger charge is -2.12. The molecular formula is C21H29NS2. The maximum atomic E-state index is 2.32. The van der Waals surface area contributed by atoms with Crippen LogP contribution in [0, 0.1) is 5.92 Å². The minimum atomic E-state index is 0.764. The highest BCUT2D eigenvalue weighted by atomic mass is 33.1. The summed E-state index contributed by atoms with van der Waals surface area (Å²) in [6, 6.07) is 9.08. The molecule has 0 N–H and O–H groups in total. The smallest absolute Gasteiger partial charge is 0.0324 e. The molecule has 130 valence electrons. The summed E-state index contributed by atoms with van der Waals surface area (Å²) in [5, 5.41) is 0. The van der Waals surface area contributed by atoms with Crippen molar-refractivity contribution in [3.05, 3.63) is 64.2 Å². The molecule has 1 aliphatic rings. The van der Waals surface area contributed by atoms with Crippen molar-refractivity contribution in [2.45, 2.75) is 44.9 Å². The van der Waals surface area contributed by atoms with Gasteiger partial charge < -0.3 is 4.90 Å². The fourth-order valence-corrected chi connectivity index (χ4v) is 4.75. The zero-order valence-corrected chi connectivity index (χ0v) is 17.1. The summed E-state index contributed by atoms with van der Waals surface area (Å²) in [6.45, 7) is 6.82. The van der Waals surface area contributed by atoms with Crippen LogP contribution in [0.5, 0.6) is 0 Å². The topological polar surface area (TPSA) is 3.24 Å². The predicted octanol–water partition coefficient (Wildman–Crippen LogP) is 6.69. The van der Waals surface area contributed by atoms with Gasteiger partial charge in [-0.1, -0.05) is 65.6 Å². The molecule has 3 heteroatoms. The first-order valence-electron chi connectivity index (χ1n) is 8.68. The molecule has 0 saturated heterocycles. The summed E-state index contributed by atoms with van der Waals surface area (Å²) < 4.78 is 0. The maximum Gasteiger partial charge on any atom is 0.0324 e. The highest BCUT2D eigenvalue weighted by molar-refractivity contribution is 8.78. The van der Waals surface area contributed by atoms with Crippen molar-refractivity contribution in [1.29, 1.82) is 0 Å². The molecule has 0 fully saturated rings. The van der Waals surface area contributed by atoms with Crippen LogP contribution in [0.2, 0.25) is 0 Å². The predicted molar refractivity (Wildman–Crippen MR) is 111 cm³/mol. The van der Waals surface area contributed by atoms with E-state index in [1.807, 2.05) is 21.6 Å². The molecule has 1 nitrogen and oxygen atoms in total. The normalized spacial score (nSPS) is 16.0. The molecular weight excluding hydrogens is 330 g/mol. The SMILES string of the molecule is CCC(C)Cc1ccc(SSC2=C(C)CC=C(N(C)C)C=C2)cc1. The van der Waals surface area contributed by atoms with Gasteiger partial charge in [0.15, 0.2) is 0 Å². The van der Waals surface area contributed by atoms with Crippen LogP contribution < -0.4 is 0 Å². The quantitative estimate of drug-likeness (QED) is 0.499. The van der Waals surface area contributed by atoms with E-state index in [-0.39, 0.29) is 0 Å². The first-order chi connectivity index (χ1) is 11.5. The van der Waals surface area contributed by atoms with Gasteiger partial charge in [-0.15, -0.1) is 0 Å². The standard InChI is InChI=1S/C21H29NS2/c1-6-16(2)15-18-8-12-20(13-9-18)23-24-21-14-11-19(22(4)5)10-7-17(21)3/h8-14,16H,6-7,15H2,1-5H3. The summed E-state index contributed by atoms with van der Waals surface area (Å²) >= 11 is 0. The molecule has 0 spiro atoms. The zero-order chi connectivity index (χ0) is 17.5. The first-order valence-corrected chi connectivity index (χ1v) is 10.8. The summed E-state index contributed by atoms with van der Waals surface area (Å²) in [6.07, 6.45) is 10.2. The van der Waals surface area contributed by atoms with E-state index < -0.39 is 0 Å². The van der Waals surface area contributed by atoms with Crippen molar-refractivity contribution in [3.8, 4) is 0 Å². The zero-order valence-electron chi connectivity index (χ0n) is 15.5. The fourth-order valence-electron chi connectivity index (χ4n) is 2.48. The Morgan fingerprint density at radius 3 is 2.42 bits per heavy atom. The number of hydrogen-bond acceptors (Lipinski definition) is 3. The molecule has 0 radical (unpaired) electrons.